The van der Waals surface area contributed by atoms with Crippen LogP contribution in [0, 0.1) is 0 Å². The number of carbonyl (C=O) groups excluding carboxylic acids is 1. The van der Waals surface area contributed by atoms with Crippen molar-refractivity contribution in [3.63, 3.8) is 0 Å². The van der Waals surface area contributed by atoms with Crippen LogP contribution in [0.3, 0.4) is 0 Å². The van der Waals surface area contributed by atoms with Gasteiger partial charge in [0, 0.05) is 30.8 Å². The Morgan fingerprint density at radius 2 is 1.75 bits per heavy atom. The van der Waals surface area contributed by atoms with Gasteiger partial charge in [0.15, 0.2) is 5.69 Å². The highest BCUT2D eigenvalue weighted by Crippen LogP contribution is 2.24. The summed E-state index contributed by atoms with van der Waals surface area (Å²) in [5.74, 6) is -0.252. The molecule has 0 fully saturated rings. The smallest absolute Gasteiger partial charge is 0.272 e. The molecule has 8 heteroatoms. The van der Waals surface area contributed by atoms with Crippen molar-refractivity contribution < 1.29 is 4.79 Å². The SMILES string of the molecule is O=C(NCc1ccc(-n2ccnc2)cc1)c1ccn(-c2ccc(Cl)c(Cl)c2)n1. The van der Waals surface area contributed by atoms with Crippen LogP contribution in [0.5, 0.6) is 0 Å². The van der Waals surface area contributed by atoms with Gasteiger partial charge in [-0.2, -0.15) is 5.10 Å². The summed E-state index contributed by atoms with van der Waals surface area (Å²) < 4.78 is 3.50. The van der Waals surface area contributed by atoms with Gasteiger partial charge in [0.2, 0.25) is 0 Å². The van der Waals surface area contributed by atoms with Gasteiger partial charge in [0.05, 0.1) is 22.1 Å². The van der Waals surface area contributed by atoms with E-state index in [9.17, 15) is 4.79 Å². The van der Waals surface area contributed by atoms with Gasteiger partial charge in [0.1, 0.15) is 0 Å². The predicted octanol–water partition coefficient (Wildman–Crippen LogP) is 4.29. The van der Waals surface area contributed by atoms with E-state index in [1.165, 1.54) is 0 Å². The molecule has 28 heavy (non-hydrogen) atoms. The molecule has 4 aromatic rings. The van der Waals surface area contributed by atoms with E-state index in [1.54, 1.807) is 47.7 Å². The molecule has 0 atom stereocenters. The minimum Gasteiger partial charge on any atom is -0.347 e. The number of amides is 1. The second kappa shape index (κ2) is 7.88. The summed E-state index contributed by atoms with van der Waals surface area (Å²) in [7, 11) is 0. The lowest BCUT2D eigenvalue weighted by molar-refractivity contribution is 0.0945. The van der Waals surface area contributed by atoms with Crippen LogP contribution in [0.15, 0.2) is 73.4 Å². The number of benzene rings is 2. The molecule has 6 nitrogen and oxygen atoms in total. The molecule has 1 amide bonds. The third kappa shape index (κ3) is 3.93. The van der Waals surface area contributed by atoms with Crippen molar-refractivity contribution >= 4 is 29.1 Å². The monoisotopic (exact) mass is 411 g/mol. The van der Waals surface area contributed by atoms with Gasteiger partial charge in [-0.1, -0.05) is 35.3 Å². The summed E-state index contributed by atoms with van der Waals surface area (Å²) in [6.07, 6.45) is 7.04. The first-order chi connectivity index (χ1) is 13.6. The Morgan fingerprint density at radius 3 is 2.46 bits per heavy atom. The Balaban J connectivity index is 1.40. The standard InChI is InChI=1S/C20H15Cl2N5O/c21-17-6-5-16(11-18(17)22)27-9-7-19(25-27)20(28)24-12-14-1-3-15(4-2-14)26-10-8-23-13-26/h1-11,13H,12H2,(H,24,28). The van der Waals surface area contributed by atoms with Crippen LogP contribution < -0.4 is 5.32 Å². The molecule has 0 saturated heterocycles. The Bertz CT molecular complexity index is 1100. The molecule has 0 bridgehead atoms. The van der Waals surface area contributed by atoms with Crippen molar-refractivity contribution in [1.82, 2.24) is 24.6 Å². The molecule has 2 aromatic carbocycles. The van der Waals surface area contributed by atoms with E-state index in [1.807, 2.05) is 35.0 Å². The molecule has 0 aliphatic carbocycles. The lowest BCUT2D eigenvalue weighted by atomic mass is 10.2. The minimum absolute atomic E-state index is 0.252. The average Bonchev–Trinajstić information content (AvgIpc) is 3.41. The largest absolute Gasteiger partial charge is 0.347 e. The zero-order valence-electron chi connectivity index (χ0n) is 14.6. The lowest BCUT2D eigenvalue weighted by Crippen LogP contribution is -2.23. The first-order valence-electron chi connectivity index (χ1n) is 8.47. The molecule has 0 aliphatic heterocycles. The Labute approximate surface area is 171 Å². The Hall–Kier alpha value is -3.09. The summed E-state index contributed by atoms with van der Waals surface area (Å²) >= 11 is 12.0. The highest BCUT2D eigenvalue weighted by molar-refractivity contribution is 6.42. The summed E-state index contributed by atoms with van der Waals surface area (Å²) in [4.78, 5) is 16.4. The maximum Gasteiger partial charge on any atom is 0.272 e. The highest BCUT2D eigenvalue weighted by atomic mass is 35.5. The Kier molecular flexibility index (Phi) is 5.14. The van der Waals surface area contributed by atoms with Crippen LogP contribution >= 0.6 is 23.2 Å². The van der Waals surface area contributed by atoms with Crippen LogP contribution in [0.25, 0.3) is 11.4 Å². The normalized spacial score (nSPS) is 10.8. The van der Waals surface area contributed by atoms with Gasteiger partial charge < -0.3 is 9.88 Å². The highest BCUT2D eigenvalue weighted by Gasteiger charge is 2.11. The number of rotatable bonds is 5. The number of nitrogens with zero attached hydrogens (tertiary/aromatic N) is 4. The molecule has 0 aliphatic rings. The van der Waals surface area contributed by atoms with Gasteiger partial charge >= 0.3 is 0 Å². The minimum atomic E-state index is -0.252. The van der Waals surface area contributed by atoms with Gasteiger partial charge in [-0.15, -0.1) is 0 Å². The van der Waals surface area contributed by atoms with E-state index in [2.05, 4.69) is 15.4 Å². The molecule has 1 N–H and O–H groups in total. The first kappa shape index (κ1) is 18.3. The lowest BCUT2D eigenvalue weighted by Gasteiger charge is -2.06. The fraction of sp³-hybridized carbons (Fsp3) is 0.0500. The van der Waals surface area contributed by atoms with Crippen molar-refractivity contribution in [3.05, 3.63) is 94.8 Å². The molecule has 2 aromatic heterocycles. The van der Waals surface area contributed by atoms with E-state index in [4.69, 9.17) is 23.2 Å². The van der Waals surface area contributed by atoms with Crippen LogP contribution in [0.1, 0.15) is 16.1 Å². The topological polar surface area (TPSA) is 64.7 Å². The fourth-order valence-corrected chi connectivity index (χ4v) is 2.98. The van der Waals surface area contributed by atoms with Crippen LogP contribution in [0.4, 0.5) is 0 Å². The van der Waals surface area contributed by atoms with Gasteiger partial charge in [0.25, 0.3) is 5.91 Å². The number of carbonyl (C=O) groups is 1. The van der Waals surface area contributed by atoms with Crippen molar-refractivity contribution in [1.29, 1.82) is 0 Å². The zero-order valence-corrected chi connectivity index (χ0v) is 16.1. The number of imidazole rings is 1. The molecule has 2 heterocycles. The van der Waals surface area contributed by atoms with E-state index in [0.29, 0.717) is 22.3 Å². The summed E-state index contributed by atoms with van der Waals surface area (Å²) in [6, 6.07) is 14.7. The summed E-state index contributed by atoms with van der Waals surface area (Å²) in [5, 5.41) is 8.08. The van der Waals surface area contributed by atoms with E-state index < -0.39 is 0 Å². The maximum atomic E-state index is 12.4. The number of halogens is 2. The summed E-state index contributed by atoms with van der Waals surface area (Å²) in [5.41, 5.74) is 3.04. The van der Waals surface area contributed by atoms with E-state index >= 15 is 0 Å². The zero-order chi connectivity index (χ0) is 19.5. The van der Waals surface area contributed by atoms with Crippen molar-refractivity contribution in [3.8, 4) is 11.4 Å². The number of hydrogen-bond donors (Lipinski definition) is 1. The van der Waals surface area contributed by atoms with Gasteiger partial charge in [-0.3, -0.25) is 4.79 Å². The van der Waals surface area contributed by atoms with Gasteiger partial charge in [-0.05, 0) is 42.0 Å². The maximum absolute atomic E-state index is 12.4. The quantitative estimate of drug-likeness (QED) is 0.532. The molecule has 0 unspecified atom stereocenters. The van der Waals surface area contributed by atoms with Crippen molar-refractivity contribution in [2.75, 3.05) is 0 Å². The van der Waals surface area contributed by atoms with Crippen molar-refractivity contribution in [2.24, 2.45) is 0 Å². The molecule has 0 saturated carbocycles. The van der Waals surface area contributed by atoms with Crippen LogP contribution in [-0.4, -0.2) is 25.2 Å². The fourth-order valence-electron chi connectivity index (χ4n) is 2.69. The molecular weight excluding hydrogens is 397 g/mol. The first-order valence-corrected chi connectivity index (χ1v) is 9.22. The molecule has 4 rings (SSSR count). The Morgan fingerprint density at radius 1 is 0.964 bits per heavy atom. The molecule has 0 radical (unpaired) electrons. The van der Waals surface area contributed by atoms with E-state index in [-0.39, 0.29) is 5.91 Å². The molecule has 140 valence electrons. The average molecular weight is 412 g/mol. The van der Waals surface area contributed by atoms with Crippen LogP contribution in [0.2, 0.25) is 10.0 Å². The van der Waals surface area contributed by atoms with Gasteiger partial charge in [-0.25, -0.2) is 9.67 Å². The number of nitrogens with one attached hydrogen (secondary N) is 1. The third-order valence-electron chi connectivity index (χ3n) is 4.18. The number of hydrogen-bond acceptors (Lipinski definition) is 3. The van der Waals surface area contributed by atoms with Crippen molar-refractivity contribution in [2.45, 2.75) is 6.54 Å². The molecule has 0 spiro atoms. The van der Waals surface area contributed by atoms with E-state index in [0.717, 1.165) is 16.9 Å². The van der Waals surface area contributed by atoms with Crippen LogP contribution in [-0.2, 0) is 6.54 Å². The summed E-state index contributed by atoms with van der Waals surface area (Å²) in [6.45, 7) is 0.405. The third-order valence-corrected chi connectivity index (χ3v) is 4.92. The predicted molar refractivity (Wildman–Crippen MR) is 108 cm³/mol. The second-order valence-electron chi connectivity index (χ2n) is 6.06. The number of aromatic nitrogens is 4. The second-order valence-corrected chi connectivity index (χ2v) is 6.88. The molecular formula is C20H15Cl2N5O.